The van der Waals surface area contributed by atoms with E-state index in [0.717, 1.165) is 47.5 Å². The van der Waals surface area contributed by atoms with E-state index in [1.807, 2.05) is 43.3 Å². The third-order valence-electron chi connectivity index (χ3n) is 4.62. The maximum atomic E-state index is 11.9. The fourth-order valence-corrected chi connectivity index (χ4v) is 3.27. The van der Waals surface area contributed by atoms with Crippen LogP contribution in [0.5, 0.6) is 0 Å². The number of halogens is 1. The first-order chi connectivity index (χ1) is 14.1. The van der Waals surface area contributed by atoms with Crippen LogP contribution in [-0.4, -0.2) is 22.4 Å². The topological polar surface area (TPSA) is 54.9 Å². The highest BCUT2D eigenvalue weighted by molar-refractivity contribution is 6.30. The molecule has 3 rings (SSSR count). The normalized spacial score (nSPS) is 10.7. The Morgan fingerprint density at radius 1 is 0.966 bits per heavy atom. The van der Waals surface area contributed by atoms with Crippen LogP contribution in [-0.2, 0) is 24.1 Å². The predicted molar refractivity (Wildman–Crippen MR) is 118 cm³/mol. The van der Waals surface area contributed by atoms with Gasteiger partial charge in [0.1, 0.15) is 0 Å². The number of rotatable bonds is 8. The number of nitrogens with zero attached hydrogens (tertiary/aromatic N) is 2. The SMILES string of the molecule is CCCNC(=O)Cc1ccc(Cc2cc(CC)nc(-c3cccc(Cl)c3)n2)cc1. The molecule has 1 amide bonds. The van der Waals surface area contributed by atoms with E-state index in [-0.39, 0.29) is 5.91 Å². The number of carbonyl (C=O) groups excluding carboxylic acids is 1. The lowest BCUT2D eigenvalue weighted by Crippen LogP contribution is -2.25. The molecule has 1 aromatic heterocycles. The molecule has 4 nitrogen and oxygen atoms in total. The summed E-state index contributed by atoms with van der Waals surface area (Å²) in [5.74, 6) is 0.764. The molecule has 0 aliphatic carbocycles. The summed E-state index contributed by atoms with van der Waals surface area (Å²) in [6.45, 7) is 4.86. The molecule has 0 saturated heterocycles. The standard InChI is InChI=1S/C24H26ClN3O/c1-3-12-26-23(29)14-18-10-8-17(9-11-18)13-22-16-21(4-2)27-24(28-22)19-6-5-7-20(25)15-19/h5-11,15-16H,3-4,12-14H2,1-2H3,(H,26,29). The van der Waals surface area contributed by atoms with Crippen LogP contribution in [0.25, 0.3) is 11.4 Å². The van der Waals surface area contributed by atoms with Crippen LogP contribution in [0.1, 0.15) is 42.8 Å². The zero-order chi connectivity index (χ0) is 20.6. The van der Waals surface area contributed by atoms with Crippen molar-refractivity contribution < 1.29 is 4.79 Å². The molecule has 29 heavy (non-hydrogen) atoms. The molecule has 0 unspecified atom stereocenters. The van der Waals surface area contributed by atoms with Gasteiger partial charge in [0.05, 0.1) is 6.42 Å². The number of hydrogen-bond donors (Lipinski definition) is 1. The highest BCUT2D eigenvalue weighted by Gasteiger charge is 2.09. The lowest BCUT2D eigenvalue weighted by Gasteiger charge is -2.09. The summed E-state index contributed by atoms with van der Waals surface area (Å²) in [6, 6.07) is 17.8. The quantitative estimate of drug-likeness (QED) is 0.570. The predicted octanol–water partition coefficient (Wildman–Crippen LogP) is 5.02. The smallest absolute Gasteiger partial charge is 0.224 e. The van der Waals surface area contributed by atoms with E-state index in [0.29, 0.717) is 23.7 Å². The van der Waals surface area contributed by atoms with Crippen molar-refractivity contribution >= 4 is 17.5 Å². The molecule has 150 valence electrons. The molecule has 0 aliphatic heterocycles. The summed E-state index contributed by atoms with van der Waals surface area (Å²) >= 11 is 6.13. The molecular formula is C24H26ClN3O. The minimum Gasteiger partial charge on any atom is -0.356 e. The molecule has 0 radical (unpaired) electrons. The lowest BCUT2D eigenvalue weighted by atomic mass is 10.0. The van der Waals surface area contributed by atoms with E-state index in [1.54, 1.807) is 0 Å². The van der Waals surface area contributed by atoms with Crippen molar-refractivity contribution in [2.45, 2.75) is 39.5 Å². The van der Waals surface area contributed by atoms with Crippen LogP contribution in [0.3, 0.4) is 0 Å². The van der Waals surface area contributed by atoms with Crippen molar-refractivity contribution in [1.29, 1.82) is 0 Å². The molecule has 0 aliphatic rings. The third kappa shape index (κ3) is 6.13. The molecule has 0 spiro atoms. The molecule has 0 atom stereocenters. The minimum absolute atomic E-state index is 0.0640. The van der Waals surface area contributed by atoms with Gasteiger partial charge in [0, 0.05) is 34.9 Å². The number of carbonyl (C=O) groups is 1. The molecule has 1 N–H and O–H groups in total. The van der Waals surface area contributed by atoms with Gasteiger partial charge in [-0.3, -0.25) is 4.79 Å². The van der Waals surface area contributed by atoms with Crippen LogP contribution < -0.4 is 5.32 Å². The second kappa shape index (κ2) is 10.2. The summed E-state index contributed by atoms with van der Waals surface area (Å²) in [5, 5.41) is 3.58. The van der Waals surface area contributed by atoms with Gasteiger partial charge in [-0.15, -0.1) is 0 Å². The summed E-state index contributed by atoms with van der Waals surface area (Å²) in [6.07, 6.45) is 2.91. The Labute approximate surface area is 177 Å². The Balaban J connectivity index is 1.75. The van der Waals surface area contributed by atoms with Gasteiger partial charge >= 0.3 is 0 Å². The molecule has 0 bridgehead atoms. The Bertz CT molecular complexity index is 970. The highest BCUT2D eigenvalue weighted by Crippen LogP contribution is 2.21. The van der Waals surface area contributed by atoms with E-state index in [1.165, 1.54) is 0 Å². The second-order valence-electron chi connectivity index (χ2n) is 7.06. The maximum absolute atomic E-state index is 11.9. The zero-order valence-electron chi connectivity index (χ0n) is 16.9. The van der Waals surface area contributed by atoms with Gasteiger partial charge in [0.25, 0.3) is 0 Å². The monoisotopic (exact) mass is 407 g/mol. The van der Waals surface area contributed by atoms with Crippen molar-refractivity contribution in [3.8, 4) is 11.4 Å². The number of hydrogen-bond acceptors (Lipinski definition) is 3. The van der Waals surface area contributed by atoms with E-state index in [2.05, 4.69) is 35.4 Å². The molecule has 2 aromatic carbocycles. The first-order valence-corrected chi connectivity index (χ1v) is 10.4. The average Bonchev–Trinajstić information content (AvgIpc) is 2.73. The van der Waals surface area contributed by atoms with E-state index >= 15 is 0 Å². The first-order valence-electron chi connectivity index (χ1n) is 10.0. The van der Waals surface area contributed by atoms with Gasteiger partial charge in [-0.2, -0.15) is 0 Å². The van der Waals surface area contributed by atoms with Crippen LogP contribution >= 0.6 is 11.6 Å². The second-order valence-corrected chi connectivity index (χ2v) is 7.49. The number of amides is 1. The molecule has 0 fully saturated rings. The molecular weight excluding hydrogens is 382 g/mol. The van der Waals surface area contributed by atoms with E-state index in [9.17, 15) is 4.79 Å². The molecule has 5 heteroatoms. The summed E-state index contributed by atoms with van der Waals surface area (Å²) in [7, 11) is 0. The fourth-order valence-electron chi connectivity index (χ4n) is 3.08. The van der Waals surface area contributed by atoms with Crippen molar-refractivity contribution in [3.63, 3.8) is 0 Å². The van der Waals surface area contributed by atoms with Gasteiger partial charge in [-0.05, 0) is 42.2 Å². The van der Waals surface area contributed by atoms with Crippen molar-refractivity contribution in [2.75, 3.05) is 6.54 Å². The minimum atomic E-state index is 0.0640. The lowest BCUT2D eigenvalue weighted by molar-refractivity contribution is -0.120. The van der Waals surface area contributed by atoms with Gasteiger partial charge in [-0.1, -0.05) is 61.8 Å². The number of aromatic nitrogens is 2. The van der Waals surface area contributed by atoms with Crippen LogP contribution in [0, 0.1) is 0 Å². The molecule has 1 heterocycles. The Morgan fingerprint density at radius 3 is 2.38 bits per heavy atom. The Kier molecular flexibility index (Phi) is 7.36. The average molecular weight is 408 g/mol. The van der Waals surface area contributed by atoms with E-state index < -0.39 is 0 Å². The molecule has 0 saturated carbocycles. The van der Waals surface area contributed by atoms with E-state index in [4.69, 9.17) is 16.6 Å². The molecule has 3 aromatic rings. The maximum Gasteiger partial charge on any atom is 0.224 e. The summed E-state index contributed by atoms with van der Waals surface area (Å²) in [4.78, 5) is 21.3. The van der Waals surface area contributed by atoms with Crippen molar-refractivity contribution in [2.24, 2.45) is 0 Å². The van der Waals surface area contributed by atoms with Crippen LogP contribution in [0.15, 0.2) is 54.6 Å². The Morgan fingerprint density at radius 2 is 1.69 bits per heavy atom. The zero-order valence-corrected chi connectivity index (χ0v) is 17.7. The van der Waals surface area contributed by atoms with Crippen molar-refractivity contribution in [3.05, 3.63) is 82.1 Å². The summed E-state index contributed by atoms with van der Waals surface area (Å²) in [5.41, 5.74) is 5.07. The largest absolute Gasteiger partial charge is 0.356 e. The van der Waals surface area contributed by atoms with Gasteiger partial charge in [0.15, 0.2) is 5.82 Å². The highest BCUT2D eigenvalue weighted by atomic mass is 35.5. The van der Waals surface area contributed by atoms with Crippen LogP contribution in [0.4, 0.5) is 0 Å². The number of benzene rings is 2. The first kappa shape index (κ1) is 21.0. The Hall–Kier alpha value is -2.72. The summed E-state index contributed by atoms with van der Waals surface area (Å²) < 4.78 is 0. The van der Waals surface area contributed by atoms with Crippen molar-refractivity contribution in [1.82, 2.24) is 15.3 Å². The number of nitrogens with one attached hydrogen (secondary N) is 1. The van der Waals surface area contributed by atoms with Gasteiger partial charge in [0.2, 0.25) is 5.91 Å². The fraction of sp³-hybridized carbons (Fsp3) is 0.292. The van der Waals surface area contributed by atoms with Gasteiger partial charge < -0.3 is 5.32 Å². The number of aryl methyl sites for hydroxylation is 1. The third-order valence-corrected chi connectivity index (χ3v) is 4.86. The van der Waals surface area contributed by atoms with Crippen LogP contribution in [0.2, 0.25) is 5.02 Å². The van der Waals surface area contributed by atoms with Gasteiger partial charge in [-0.25, -0.2) is 9.97 Å².